The Morgan fingerprint density at radius 3 is 2.94 bits per heavy atom. The first-order valence-electron chi connectivity index (χ1n) is 6.37. The Hall–Kier alpha value is -0.830. The average molecular weight is 311 g/mol. The van der Waals surface area contributed by atoms with Crippen LogP contribution in [0.25, 0.3) is 0 Å². The number of methoxy groups -OCH3 is 1. The molecule has 2 nitrogen and oxygen atoms in total. The van der Waals surface area contributed by atoms with Crippen molar-refractivity contribution in [2.45, 2.75) is 32.6 Å². The second-order valence-electron chi connectivity index (χ2n) is 5.22. The molecule has 1 saturated carbocycles. The Bertz CT molecular complexity index is 456. The lowest BCUT2D eigenvalue weighted by molar-refractivity contribution is -0.142. The quantitative estimate of drug-likeness (QED) is 0.784. The van der Waals surface area contributed by atoms with Gasteiger partial charge in [0, 0.05) is 4.47 Å². The van der Waals surface area contributed by atoms with Gasteiger partial charge in [-0.25, -0.2) is 0 Å². The van der Waals surface area contributed by atoms with E-state index in [0.29, 0.717) is 11.8 Å². The molecule has 1 aliphatic carbocycles. The highest BCUT2D eigenvalue weighted by molar-refractivity contribution is 9.10. The predicted molar refractivity (Wildman–Crippen MR) is 75.5 cm³/mol. The van der Waals surface area contributed by atoms with Crippen molar-refractivity contribution in [2.75, 3.05) is 7.11 Å². The van der Waals surface area contributed by atoms with Gasteiger partial charge in [0.1, 0.15) is 0 Å². The summed E-state index contributed by atoms with van der Waals surface area (Å²) in [5.41, 5.74) is 2.68. The van der Waals surface area contributed by atoms with Crippen molar-refractivity contribution in [3.63, 3.8) is 0 Å². The molecule has 1 aromatic rings. The van der Waals surface area contributed by atoms with E-state index in [1.165, 1.54) is 18.2 Å². The van der Waals surface area contributed by atoms with Crippen LogP contribution in [0.5, 0.6) is 0 Å². The van der Waals surface area contributed by atoms with Gasteiger partial charge in [0.05, 0.1) is 13.0 Å². The number of rotatable bonds is 4. The van der Waals surface area contributed by atoms with E-state index >= 15 is 0 Å². The molecule has 1 fully saturated rings. The number of carbonyl (C=O) groups excluding carboxylic acids is 1. The maximum absolute atomic E-state index is 11.4. The number of carbonyl (C=O) groups is 1. The minimum atomic E-state index is -0.0434. The van der Waals surface area contributed by atoms with Gasteiger partial charge < -0.3 is 4.74 Å². The lowest BCUT2D eigenvalue weighted by atomic mass is 9.91. The fraction of sp³-hybridized carbons (Fsp3) is 0.533. The number of hydrogen-bond acceptors (Lipinski definition) is 2. The summed E-state index contributed by atoms with van der Waals surface area (Å²) in [5.74, 6) is 1.09. The summed E-state index contributed by atoms with van der Waals surface area (Å²) < 4.78 is 5.95. The van der Waals surface area contributed by atoms with E-state index in [1.54, 1.807) is 0 Å². The summed E-state index contributed by atoms with van der Waals surface area (Å²) in [7, 11) is 1.47. The van der Waals surface area contributed by atoms with E-state index in [-0.39, 0.29) is 11.9 Å². The van der Waals surface area contributed by atoms with Crippen LogP contribution >= 0.6 is 15.9 Å². The molecule has 0 radical (unpaired) electrons. The van der Waals surface area contributed by atoms with E-state index in [4.69, 9.17) is 4.74 Å². The molecule has 0 aliphatic heterocycles. The summed E-state index contributed by atoms with van der Waals surface area (Å²) in [6, 6.07) is 6.33. The second kappa shape index (κ2) is 5.43. The Balaban J connectivity index is 1.99. The highest BCUT2D eigenvalue weighted by Gasteiger charge is 2.44. The van der Waals surface area contributed by atoms with Gasteiger partial charge in [-0.3, -0.25) is 4.79 Å². The minimum absolute atomic E-state index is 0.0434. The Labute approximate surface area is 117 Å². The minimum Gasteiger partial charge on any atom is -0.469 e. The summed E-state index contributed by atoms with van der Waals surface area (Å²) in [5, 5.41) is 0. The molecule has 18 heavy (non-hydrogen) atoms. The first-order valence-corrected chi connectivity index (χ1v) is 7.16. The van der Waals surface area contributed by atoms with Crippen LogP contribution in [0.1, 0.15) is 36.8 Å². The molecular weight excluding hydrogens is 292 g/mol. The molecule has 0 amide bonds. The molecule has 1 aliphatic rings. The molecule has 98 valence electrons. The molecule has 3 atom stereocenters. The van der Waals surface area contributed by atoms with Crippen molar-refractivity contribution in [3.05, 3.63) is 33.8 Å². The molecule has 1 aromatic carbocycles. The Morgan fingerprint density at radius 1 is 1.56 bits per heavy atom. The fourth-order valence-corrected chi connectivity index (χ4v) is 3.07. The van der Waals surface area contributed by atoms with Gasteiger partial charge in [0.25, 0.3) is 0 Å². The van der Waals surface area contributed by atoms with Gasteiger partial charge in [0.15, 0.2) is 0 Å². The predicted octanol–water partition coefficient (Wildman–Crippen LogP) is 4.06. The van der Waals surface area contributed by atoms with Gasteiger partial charge in [-0.15, -0.1) is 0 Å². The van der Waals surface area contributed by atoms with E-state index in [0.717, 1.165) is 17.3 Å². The largest absolute Gasteiger partial charge is 0.469 e. The van der Waals surface area contributed by atoms with Crippen molar-refractivity contribution in [1.29, 1.82) is 0 Å². The lowest BCUT2D eigenvalue weighted by Crippen LogP contribution is -2.06. The van der Waals surface area contributed by atoms with E-state index < -0.39 is 0 Å². The molecule has 0 spiro atoms. The van der Waals surface area contributed by atoms with Gasteiger partial charge >= 0.3 is 5.97 Å². The number of halogens is 1. The molecule has 0 saturated heterocycles. The summed E-state index contributed by atoms with van der Waals surface area (Å²) in [4.78, 5) is 11.4. The van der Waals surface area contributed by atoms with Crippen LogP contribution < -0.4 is 0 Å². The zero-order valence-corrected chi connectivity index (χ0v) is 12.7. The van der Waals surface area contributed by atoms with Crippen molar-refractivity contribution >= 4 is 21.9 Å². The molecule has 0 bridgehead atoms. The Morgan fingerprint density at radius 2 is 2.28 bits per heavy atom. The van der Waals surface area contributed by atoms with Crippen molar-refractivity contribution in [2.24, 2.45) is 11.8 Å². The first kappa shape index (κ1) is 13.6. The van der Waals surface area contributed by atoms with Crippen LogP contribution in [0.15, 0.2) is 22.7 Å². The maximum Gasteiger partial charge on any atom is 0.308 e. The fourth-order valence-electron chi connectivity index (χ4n) is 2.69. The van der Waals surface area contributed by atoms with Gasteiger partial charge in [-0.1, -0.05) is 35.0 Å². The van der Waals surface area contributed by atoms with Crippen molar-refractivity contribution in [1.82, 2.24) is 0 Å². The van der Waals surface area contributed by atoms with Crippen LogP contribution in [0.2, 0.25) is 0 Å². The first-order chi connectivity index (χ1) is 8.54. The number of benzene rings is 1. The standard InChI is InChI=1S/C15H19BrO2/c1-9(7-11-8-13(11)15(17)18-3)12-5-4-6-14(16)10(12)2/h4-6,9,11,13H,7-8H2,1-3H3. The highest BCUT2D eigenvalue weighted by atomic mass is 79.9. The van der Waals surface area contributed by atoms with Gasteiger partial charge in [-0.05, 0) is 48.8 Å². The topological polar surface area (TPSA) is 26.3 Å². The van der Waals surface area contributed by atoms with E-state index in [1.807, 2.05) is 0 Å². The van der Waals surface area contributed by atoms with Crippen LogP contribution in [0.3, 0.4) is 0 Å². The molecule has 2 rings (SSSR count). The van der Waals surface area contributed by atoms with Crippen LogP contribution in [0, 0.1) is 18.8 Å². The van der Waals surface area contributed by atoms with Crippen molar-refractivity contribution < 1.29 is 9.53 Å². The lowest BCUT2D eigenvalue weighted by Gasteiger charge is -2.15. The van der Waals surface area contributed by atoms with Crippen LogP contribution in [0.4, 0.5) is 0 Å². The third kappa shape index (κ3) is 2.77. The molecule has 0 aromatic heterocycles. The summed E-state index contributed by atoms with van der Waals surface area (Å²) in [6.45, 7) is 4.38. The van der Waals surface area contributed by atoms with E-state index in [9.17, 15) is 4.79 Å². The molecule has 0 N–H and O–H groups in total. The summed E-state index contributed by atoms with van der Waals surface area (Å²) >= 11 is 3.57. The highest BCUT2D eigenvalue weighted by Crippen LogP contribution is 2.46. The number of ether oxygens (including phenoxy) is 1. The number of hydrogen-bond donors (Lipinski definition) is 0. The molecule has 0 heterocycles. The normalized spacial score (nSPS) is 23.6. The van der Waals surface area contributed by atoms with Crippen molar-refractivity contribution in [3.8, 4) is 0 Å². The molecule has 3 unspecified atom stereocenters. The third-order valence-corrected chi connectivity index (χ3v) is 4.78. The average Bonchev–Trinajstić information content (AvgIpc) is 3.10. The SMILES string of the molecule is COC(=O)C1CC1CC(C)c1cccc(Br)c1C. The maximum atomic E-state index is 11.4. The van der Waals surface area contributed by atoms with Crippen LogP contribution in [-0.2, 0) is 9.53 Å². The zero-order chi connectivity index (χ0) is 13.3. The third-order valence-electron chi connectivity index (χ3n) is 3.92. The monoisotopic (exact) mass is 310 g/mol. The second-order valence-corrected chi connectivity index (χ2v) is 6.07. The molecular formula is C15H19BrO2. The summed E-state index contributed by atoms with van der Waals surface area (Å²) in [6.07, 6.45) is 2.06. The zero-order valence-electron chi connectivity index (χ0n) is 11.1. The van der Waals surface area contributed by atoms with E-state index in [2.05, 4.69) is 48.0 Å². The van der Waals surface area contributed by atoms with Gasteiger partial charge in [0.2, 0.25) is 0 Å². The number of esters is 1. The van der Waals surface area contributed by atoms with Gasteiger partial charge in [-0.2, -0.15) is 0 Å². The smallest absolute Gasteiger partial charge is 0.308 e. The molecule has 3 heteroatoms. The van der Waals surface area contributed by atoms with Crippen LogP contribution in [-0.4, -0.2) is 13.1 Å². The Kier molecular flexibility index (Phi) is 4.10.